The second-order valence-electron chi connectivity index (χ2n) is 4.25. The molecule has 3 heteroatoms. The predicted octanol–water partition coefficient (Wildman–Crippen LogP) is 4.33. The van der Waals surface area contributed by atoms with E-state index in [2.05, 4.69) is 0 Å². The summed E-state index contributed by atoms with van der Waals surface area (Å²) in [6.07, 6.45) is 0.767. The van der Waals surface area contributed by atoms with Gasteiger partial charge in [0, 0.05) is 16.0 Å². The number of carbonyl (C=O) groups is 1. The molecule has 0 aliphatic heterocycles. The molecular formula is C13H13ClO2. The van der Waals surface area contributed by atoms with E-state index >= 15 is 0 Å². The molecule has 0 bridgehead atoms. The first-order valence-electron chi connectivity index (χ1n) is 5.22. The number of benzene rings is 1. The lowest BCUT2D eigenvalue weighted by Crippen LogP contribution is -1.90. The number of fused-ring (bicyclic) bond motifs is 1. The summed E-state index contributed by atoms with van der Waals surface area (Å²) < 4.78 is 5.57. The Morgan fingerprint density at radius 3 is 2.62 bits per heavy atom. The smallest absolute Gasteiger partial charge is 0.185 e. The molecule has 2 nitrogen and oxygen atoms in total. The molecule has 0 aliphatic carbocycles. The largest absolute Gasteiger partial charge is 0.453 e. The minimum absolute atomic E-state index is 0.235. The highest BCUT2D eigenvalue weighted by Gasteiger charge is 2.18. The third-order valence-corrected chi connectivity index (χ3v) is 2.91. The molecule has 1 heterocycles. The van der Waals surface area contributed by atoms with E-state index in [0.717, 1.165) is 28.4 Å². The van der Waals surface area contributed by atoms with Crippen molar-refractivity contribution in [1.29, 1.82) is 0 Å². The summed E-state index contributed by atoms with van der Waals surface area (Å²) in [5.41, 5.74) is 2.66. The number of aldehydes is 1. The molecule has 0 saturated carbocycles. The maximum atomic E-state index is 11.0. The first-order chi connectivity index (χ1) is 7.54. The van der Waals surface area contributed by atoms with Crippen LogP contribution in [-0.2, 0) is 0 Å². The fraction of sp³-hybridized carbons (Fsp3) is 0.308. The zero-order valence-corrected chi connectivity index (χ0v) is 10.3. The van der Waals surface area contributed by atoms with E-state index in [0.29, 0.717) is 10.8 Å². The number of carbonyl (C=O) groups excluding carboxylic acids is 1. The molecule has 0 unspecified atom stereocenters. The molecule has 0 radical (unpaired) electrons. The van der Waals surface area contributed by atoms with Crippen LogP contribution < -0.4 is 0 Å². The van der Waals surface area contributed by atoms with Gasteiger partial charge < -0.3 is 4.42 Å². The highest BCUT2D eigenvalue weighted by molar-refractivity contribution is 6.31. The van der Waals surface area contributed by atoms with Crippen LogP contribution in [0, 0.1) is 6.92 Å². The number of halogens is 1. The third kappa shape index (κ3) is 1.63. The van der Waals surface area contributed by atoms with Crippen molar-refractivity contribution in [2.45, 2.75) is 26.7 Å². The van der Waals surface area contributed by atoms with Crippen LogP contribution in [0.3, 0.4) is 0 Å². The van der Waals surface area contributed by atoms with Gasteiger partial charge in [0.2, 0.25) is 0 Å². The number of hydrogen-bond donors (Lipinski definition) is 0. The average molecular weight is 237 g/mol. The lowest BCUT2D eigenvalue weighted by atomic mass is 9.99. The molecule has 0 atom stereocenters. The van der Waals surface area contributed by atoms with Crippen molar-refractivity contribution < 1.29 is 9.21 Å². The van der Waals surface area contributed by atoms with Gasteiger partial charge >= 0.3 is 0 Å². The van der Waals surface area contributed by atoms with E-state index in [1.165, 1.54) is 0 Å². The Labute approximate surface area is 99.2 Å². The van der Waals surface area contributed by atoms with Crippen LogP contribution >= 0.6 is 11.6 Å². The van der Waals surface area contributed by atoms with Crippen LogP contribution in [0.15, 0.2) is 16.5 Å². The molecule has 0 N–H and O–H groups in total. The molecule has 84 valence electrons. The standard InChI is InChI=1S/C13H13ClO2/c1-7(2)12-10-5-9(14)4-8(3)13(10)16-11(12)6-15/h4-7H,1-3H3. The van der Waals surface area contributed by atoms with Crippen LogP contribution in [0.25, 0.3) is 11.0 Å². The lowest BCUT2D eigenvalue weighted by molar-refractivity contribution is 0.110. The van der Waals surface area contributed by atoms with Crippen LogP contribution in [0.1, 0.15) is 41.4 Å². The zero-order chi connectivity index (χ0) is 11.9. The summed E-state index contributed by atoms with van der Waals surface area (Å²) >= 11 is 6.02. The van der Waals surface area contributed by atoms with Gasteiger partial charge in [0.15, 0.2) is 12.0 Å². The molecule has 0 fully saturated rings. The van der Waals surface area contributed by atoms with Gasteiger partial charge in [0.25, 0.3) is 0 Å². The van der Waals surface area contributed by atoms with Crippen LogP contribution in [0.2, 0.25) is 5.02 Å². The van der Waals surface area contributed by atoms with E-state index < -0.39 is 0 Å². The second-order valence-corrected chi connectivity index (χ2v) is 4.69. The van der Waals surface area contributed by atoms with Crippen molar-refractivity contribution in [2.24, 2.45) is 0 Å². The number of aryl methyl sites for hydroxylation is 1. The summed E-state index contributed by atoms with van der Waals surface area (Å²) in [7, 11) is 0. The van der Waals surface area contributed by atoms with E-state index in [1.807, 2.05) is 32.9 Å². The van der Waals surface area contributed by atoms with Gasteiger partial charge in [0.1, 0.15) is 5.58 Å². The molecule has 16 heavy (non-hydrogen) atoms. The van der Waals surface area contributed by atoms with Crippen LogP contribution in [0.4, 0.5) is 0 Å². The lowest BCUT2D eigenvalue weighted by Gasteiger charge is -2.03. The number of rotatable bonds is 2. The van der Waals surface area contributed by atoms with Crippen molar-refractivity contribution in [1.82, 2.24) is 0 Å². The van der Waals surface area contributed by atoms with Crippen molar-refractivity contribution in [3.8, 4) is 0 Å². The molecule has 1 aromatic carbocycles. The molecule has 2 rings (SSSR count). The summed E-state index contributed by atoms with van der Waals surface area (Å²) in [6.45, 7) is 6.00. The van der Waals surface area contributed by atoms with Crippen molar-refractivity contribution in [3.63, 3.8) is 0 Å². The SMILES string of the molecule is Cc1cc(Cl)cc2c(C(C)C)c(C=O)oc12. The Morgan fingerprint density at radius 2 is 2.06 bits per heavy atom. The van der Waals surface area contributed by atoms with E-state index in [-0.39, 0.29) is 5.92 Å². The molecule has 0 saturated heterocycles. The summed E-state index contributed by atoms with van der Waals surface area (Å²) in [4.78, 5) is 11.0. The van der Waals surface area contributed by atoms with Crippen molar-refractivity contribution in [2.75, 3.05) is 0 Å². The fourth-order valence-corrected chi connectivity index (χ4v) is 2.32. The van der Waals surface area contributed by atoms with Gasteiger partial charge in [-0.2, -0.15) is 0 Å². The second kappa shape index (κ2) is 3.95. The monoisotopic (exact) mass is 236 g/mol. The minimum atomic E-state index is 0.235. The highest BCUT2D eigenvalue weighted by Crippen LogP contribution is 2.34. The molecular weight excluding hydrogens is 224 g/mol. The Bertz CT molecular complexity index is 553. The van der Waals surface area contributed by atoms with Gasteiger partial charge in [-0.25, -0.2) is 0 Å². The normalized spacial score (nSPS) is 11.3. The van der Waals surface area contributed by atoms with Gasteiger partial charge in [0.05, 0.1) is 0 Å². The molecule has 0 spiro atoms. The van der Waals surface area contributed by atoms with Gasteiger partial charge in [-0.3, -0.25) is 4.79 Å². The third-order valence-electron chi connectivity index (χ3n) is 2.69. The Morgan fingerprint density at radius 1 is 1.38 bits per heavy atom. The van der Waals surface area contributed by atoms with Crippen molar-refractivity contribution >= 4 is 28.9 Å². The van der Waals surface area contributed by atoms with Crippen molar-refractivity contribution in [3.05, 3.63) is 34.0 Å². The predicted molar refractivity (Wildman–Crippen MR) is 65.4 cm³/mol. The Balaban J connectivity index is 2.89. The summed E-state index contributed by atoms with van der Waals surface area (Å²) in [6, 6.07) is 3.70. The van der Waals surface area contributed by atoms with E-state index in [4.69, 9.17) is 16.0 Å². The van der Waals surface area contributed by atoms with E-state index in [1.54, 1.807) is 0 Å². The van der Waals surface area contributed by atoms with Gasteiger partial charge in [-0.05, 0) is 30.5 Å². The fourth-order valence-electron chi connectivity index (χ4n) is 2.05. The molecule has 2 aromatic rings. The maximum absolute atomic E-state index is 11.0. The highest BCUT2D eigenvalue weighted by atomic mass is 35.5. The summed E-state index contributed by atoms with van der Waals surface area (Å²) in [5.74, 6) is 0.648. The van der Waals surface area contributed by atoms with Crippen LogP contribution in [-0.4, -0.2) is 6.29 Å². The van der Waals surface area contributed by atoms with Gasteiger partial charge in [-0.15, -0.1) is 0 Å². The quantitative estimate of drug-likeness (QED) is 0.727. The number of furan rings is 1. The number of hydrogen-bond acceptors (Lipinski definition) is 2. The average Bonchev–Trinajstić information content (AvgIpc) is 2.56. The first-order valence-corrected chi connectivity index (χ1v) is 5.60. The topological polar surface area (TPSA) is 30.2 Å². The summed E-state index contributed by atoms with van der Waals surface area (Å²) in [5, 5.41) is 1.62. The minimum Gasteiger partial charge on any atom is -0.453 e. The first kappa shape index (κ1) is 11.2. The van der Waals surface area contributed by atoms with Gasteiger partial charge in [-0.1, -0.05) is 25.4 Å². The van der Waals surface area contributed by atoms with E-state index in [9.17, 15) is 4.79 Å². The Hall–Kier alpha value is -1.28. The maximum Gasteiger partial charge on any atom is 0.185 e. The molecule has 0 amide bonds. The molecule has 0 aliphatic rings. The van der Waals surface area contributed by atoms with Crippen LogP contribution in [0.5, 0.6) is 0 Å². The Kier molecular flexibility index (Phi) is 2.76. The zero-order valence-electron chi connectivity index (χ0n) is 9.50. The molecule has 1 aromatic heterocycles.